The lowest BCUT2D eigenvalue weighted by molar-refractivity contribution is 0.0956. The zero-order valence-corrected chi connectivity index (χ0v) is 12.1. The van der Waals surface area contributed by atoms with Gasteiger partial charge in [-0.2, -0.15) is 0 Å². The summed E-state index contributed by atoms with van der Waals surface area (Å²) in [6.07, 6.45) is 0. The van der Waals surface area contributed by atoms with Gasteiger partial charge in [0.05, 0.1) is 0 Å². The molecule has 2 N–H and O–H groups in total. The molecular formula is C16H17ClN2O. The van der Waals surface area contributed by atoms with Crippen LogP contribution in [0.25, 0.3) is 0 Å². The minimum Gasteiger partial charge on any atom is -0.381 e. The number of amides is 1. The maximum Gasteiger partial charge on any atom is 0.251 e. The van der Waals surface area contributed by atoms with Crippen molar-refractivity contribution in [2.75, 3.05) is 11.9 Å². The van der Waals surface area contributed by atoms with E-state index in [4.69, 9.17) is 11.6 Å². The Balaban J connectivity index is 2.01. The van der Waals surface area contributed by atoms with Crippen LogP contribution in [0.2, 0.25) is 5.02 Å². The number of carbonyl (C=O) groups is 1. The van der Waals surface area contributed by atoms with Gasteiger partial charge in [0, 0.05) is 29.4 Å². The van der Waals surface area contributed by atoms with Gasteiger partial charge in [-0.15, -0.1) is 0 Å². The van der Waals surface area contributed by atoms with Crippen molar-refractivity contribution in [3.8, 4) is 0 Å². The summed E-state index contributed by atoms with van der Waals surface area (Å²) < 4.78 is 0. The minimum absolute atomic E-state index is 0.0531. The van der Waals surface area contributed by atoms with Crippen LogP contribution in [0.15, 0.2) is 48.5 Å². The molecule has 3 nitrogen and oxygen atoms in total. The molecule has 0 fully saturated rings. The van der Waals surface area contributed by atoms with Gasteiger partial charge in [0.1, 0.15) is 0 Å². The van der Waals surface area contributed by atoms with E-state index in [2.05, 4.69) is 10.6 Å². The highest BCUT2D eigenvalue weighted by Crippen LogP contribution is 2.14. The van der Waals surface area contributed by atoms with Gasteiger partial charge in [0.2, 0.25) is 0 Å². The number of anilines is 1. The molecule has 0 saturated carbocycles. The summed E-state index contributed by atoms with van der Waals surface area (Å²) in [5.41, 5.74) is 2.72. The Morgan fingerprint density at radius 3 is 2.60 bits per heavy atom. The Labute approximate surface area is 124 Å². The summed E-state index contributed by atoms with van der Waals surface area (Å²) in [6, 6.07) is 15.1. The Morgan fingerprint density at radius 1 is 1.15 bits per heavy atom. The van der Waals surface area contributed by atoms with Crippen LogP contribution in [0, 0.1) is 0 Å². The molecule has 20 heavy (non-hydrogen) atoms. The van der Waals surface area contributed by atoms with Crippen LogP contribution in [0.3, 0.4) is 0 Å². The molecule has 2 aromatic carbocycles. The molecule has 0 heterocycles. The number of carbonyl (C=O) groups excluding carboxylic acids is 1. The fourth-order valence-corrected chi connectivity index (χ4v) is 1.97. The quantitative estimate of drug-likeness (QED) is 0.881. The molecule has 2 aromatic rings. The van der Waals surface area contributed by atoms with Crippen LogP contribution in [-0.2, 0) is 6.54 Å². The monoisotopic (exact) mass is 288 g/mol. The standard InChI is InChI=1S/C16H17ClN2O/c1-2-18-16(20)13-4-3-5-15(10-13)19-11-12-6-8-14(17)9-7-12/h3-10,19H,2,11H2,1H3,(H,18,20). The zero-order valence-electron chi connectivity index (χ0n) is 11.3. The number of rotatable bonds is 5. The summed E-state index contributed by atoms with van der Waals surface area (Å²) in [4.78, 5) is 11.8. The number of hydrogen-bond acceptors (Lipinski definition) is 2. The largest absolute Gasteiger partial charge is 0.381 e. The normalized spacial score (nSPS) is 10.1. The van der Waals surface area contributed by atoms with Crippen molar-refractivity contribution in [3.63, 3.8) is 0 Å². The van der Waals surface area contributed by atoms with Crippen molar-refractivity contribution in [3.05, 3.63) is 64.7 Å². The summed E-state index contributed by atoms with van der Waals surface area (Å²) in [6.45, 7) is 3.22. The SMILES string of the molecule is CCNC(=O)c1cccc(NCc2ccc(Cl)cc2)c1. The average Bonchev–Trinajstić information content (AvgIpc) is 2.47. The molecule has 2 rings (SSSR count). The zero-order chi connectivity index (χ0) is 14.4. The van der Waals surface area contributed by atoms with Gasteiger partial charge in [-0.3, -0.25) is 4.79 Å². The summed E-state index contributed by atoms with van der Waals surface area (Å²) in [5, 5.41) is 6.81. The third-order valence-corrected chi connectivity index (χ3v) is 3.12. The minimum atomic E-state index is -0.0531. The van der Waals surface area contributed by atoms with E-state index in [9.17, 15) is 4.79 Å². The van der Waals surface area contributed by atoms with Gasteiger partial charge in [-0.25, -0.2) is 0 Å². The highest BCUT2D eigenvalue weighted by atomic mass is 35.5. The summed E-state index contributed by atoms with van der Waals surface area (Å²) in [7, 11) is 0. The second-order valence-corrected chi connectivity index (χ2v) is 4.86. The lowest BCUT2D eigenvalue weighted by atomic mass is 10.1. The lowest BCUT2D eigenvalue weighted by Gasteiger charge is -2.08. The number of nitrogens with one attached hydrogen (secondary N) is 2. The molecule has 0 spiro atoms. The Hall–Kier alpha value is -2.00. The van der Waals surface area contributed by atoms with Gasteiger partial charge >= 0.3 is 0 Å². The first kappa shape index (κ1) is 14.4. The van der Waals surface area contributed by atoms with Crippen LogP contribution in [0.1, 0.15) is 22.8 Å². The van der Waals surface area contributed by atoms with E-state index >= 15 is 0 Å². The predicted octanol–water partition coefficient (Wildman–Crippen LogP) is 3.70. The fraction of sp³-hybridized carbons (Fsp3) is 0.188. The molecule has 0 bridgehead atoms. The lowest BCUT2D eigenvalue weighted by Crippen LogP contribution is -2.22. The van der Waals surface area contributed by atoms with Crippen molar-refractivity contribution in [1.29, 1.82) is 0 Å². The molecule has 0 radical (unpaired) electrons. The van der Waals surface area contributed by atoms with E-state index < -0.39 is 0 Å². The molecule has 1 amide bonds. The molecule has 4 heteroatoms. The van der Waals surface area contributed by atoms with Gasteiger partial charge < -0.3 is 10.6 Å². The molecule has 0 saturated heterocycles. The first-order valence-electron chi connectivity index (χ1n) is 6.55. The van der Waals surface area contributed by atoms with Gasteiger partial charge in [0.25, 0.3) is 5.91 Å². The smallest absolute Gasteiger partial charge is 0.251 e. The van der Waals surface area contributed by atoms with Crippen molar-refractivity contribution >= 4 is 23.2 Å². The molecule has 104 valence electrons. The topological polar surface area (TPSA) is 41.1 Å². The Kier molecular flexibility index (Phi) is 5.02. The van der Waals surface area contributed by atoms with E-state index in [0.717, 1.165) is 16.3 Å². The van der Waals surface area contributed by atoms with Crippen LogP contribution < -0.4 is 10.6 Å². The van der Waals surface area contributed by atoms with Crippen molar-refractivity contribution in [2.45, 2.75) is 13.5 Å². The van der Waals surface area contributed by atoms with Crippen LogP contribution in [0.4, 0.5) is 5.69 Å². The molecule has 0 aromatic heterocycles. The second kappa shape index (κ2) is 6.96. The molecule has 0 unspecified atom stereocenters. The number of hydrogen-bond donors (Lipinski definition) is 2. The molecule has 0 aliphatic carbocycles. The van der Waals surface area contributed by atoms with E-state index in [0.29, 0.717) is 18.7 Å². The van der Waals surface area contributed by atoms with E-state index in [1.54, 1.807) is 6.07 Å². The first-order chi connectivity index (χ1) is 9.69. The highest BCUT2D eigenvalue weighted by molar-refractivity contribution is 6.30. The highest BCUT2D eigenvalue weighted by Gasteiger charge is 2.04. The van der Waals surface area contributed by atoms with E-state index in [-0.39, 0.29) is 5.91 Å². The molecule has 0 atom stereocenters. The predicted molar refractivity (Wildman–Crippen MR) is 83.2 cm³/mol. The van der Waals surface area contributed by atoms with Crippen LogP contribution in [-0.4, -0.2) is 12.5 Å². The van der Waals surface area contributed by atoms with Gasteiger partial charge in [-0.05, 0) is 42.8 Å². The van der Waals surface area contributed by atoms with Gasteiger partial charge in [0.15, 0.2) is 0 Å². The fourth-order valence-electron chi connectivity index (χ4n) is 1.84. The van der Waals surface area contributed by atoms with E-state index in [1.165, 1.54) is 0 Å². The number of halogens is 1. The Morgan fingerprint density at radius 2 is 1.90 bits per heavy atom. The first-order valence-corrected chi connectivity index (χ1v) is 6.93. The average molecular weight is 289 g/mol. The third-order valence-electron chi connectivity index (χ3n) is 2.87. The maximum absolute atomic E-state index is 11.8. The number of benzene rings is 2. The second-order valence-electron chi connectivity index (χ2n) is 4.42. The van der Waals surface area contributed by atoms with Crippen molar-refractivity contribution in [2.24, 2.45) is 0 Å². The summed E-state index contributed by atoms with van der Waals surface area (Å²) >= 11 is 5.85. The van der Waals surface area contributed by atoms with E-state index in [1.807, 2.05) is 49.4 Å². The van der Waals surface area contributed by atoms with Crippen molar-refractivity contribution < 1.29 is 4.79 Å². The maximum atomic E-state index is 11.8. The third kappa shape index (κ3) is 4.00. The summed E-state index contributed by atoms with van der Waals surface area (Å²) in [5.74, 6) is -0.0531. The van der Waals surface area contributed by atoms with Gasteiger partial charge in [-0.1, -0.05) is 29.8 Å². The molecule has 0 aliphatic heterocycles. The Bertz CT molecular complexity index is 581. The van der Waals surface area contributed by atoms with Crippen molar-refractivity contribution in [1.82, 2.24) is 5.32 Å². The van der Waals surface area contributed by atoms with Crippen LogP contribution in [0.5, 0.6) is 0 Å². The van der Waals surface area contributed by atoms with Crippen LogP contribution >= 0.6 is 11.6 Å². The molecule has 0 aliphatic rings. The molecular weight excluding hydrogens is 272 g/mol.